The van der Waals surface area contributed by atoms with Crippen molar-refractivity contribution < 1.29 is 19.4 Å². The SMILES string of the molecule is CC(CC(=O)O)NC(=O)COc1ccccc1C(C)(C)C. The average Bonchev–Trinajstić information content (AvgIpc) is 2.34. The van der Waals surface area contributed by atoms with Gasteiger partial charge in [0, 0.05) is 6.04 Å². The monoisotopic (exact) mass is 293 g/mol. The third-order valence-corrected chi connectivity index (χ3v) is 2.94. The van der Waals surface area contributed by atoms with Crippen molar-refractivity contribution >= 4 is 11.9 Å². The van der Waals surface area contributed by atoms with Crippen LogP contribution in [0.25, 0.3) is 0 Å². The Morgan fingerprint density at radius 1 is 1.29 bits per heavy atom. The van der Waals surface area contributed by atoms with Gasteiger partial charge in [0.15, 0.2) is 6.61 Å². The fourth-order valence-electron chi connectivity index (χ4n) is 1.98. The Morgan fingerprint density at radius 2 is 1.90 bits per heavy atom. The van der Waals surface area contributed by atoms with Crippen LogP contribution in [0.3, 0.4) is 0 Å². The van der Waals surface area contributed by atoms with Crippen molar-refractivity contribution in [3.63, 3.8) is 0 Å². The summed E-state index contributed by atoms with van der Waals surface area (Å²) in [7, 11) is 0. The van der Waals surface area contributed by atoms with Crippen LogP contribution in [0.5, 0.6) is 5.75 Å². The summed E-state index contributed by atoms with van der Waals surface area (Å²) in [4.78, 5) is 22.3. The number of aliphatic carboxylic acids is 1. The summed E-state index contributed by atoms with van der Waals surface area (Å²) in [6, 6.07) is 7.17. The third-order valence-electron chi connectivity index (χ3n) is 2.94. The van der Waals surface area contributed by atoms with Crippen LogP contribution in [0.2, 0.25) is 0 Å². The van der Waals surface area contributed by atoms with Crippen LogP contribution in [-0.4, -0.2) is 29.6 Å². The summed E-state index contributed by atoms with van der Waals surface area (Å²) in [6.45, 7) is 7.74. The van der Waals surface area contributed by atoms with Crippen LogP contribution in [0, 0.1) is 0 Å². The maximum atomic E-state index is 11.7. The number of para-hydroxylation sites is 1. The standard InChI is InChI=1S/C16H23NO4/c1-11(9-15(19)20)17-14(18)10-21-13-8-6-5-7-12(13)16(2,3)4/h5-8,11H,9-10H2,1-4H3,(H,17,18)(H,19,20). The van der Waals surface area contributed by atoms with Gasteiger partial charge in [0.05, 0.1) is 6.42 Å². The zero-order valence-electron chi connectivity index (χ0n) is 13.0. The average molecular weight is 293 g/mol. The molecule has 0 saturated carbocycles. The molecule has 1 unspecified atom stereocenters. The second-order valence-corrected chi connectivity index (χ2v) is 6.10. The molecule has 0 aliphatic heterocycles. The summed E-state index contributed by atoms with van der Waals surface area (Å²) < 4.78 is 5.57. The molecule has 0 aliphatic carbocycles. The van der Waals surface area contributed by atoms with Gasteiger partial charge in [-0.05, 0) is 24.0 Å². The predicted octanol–water partition coefficient (Wildman–Crippen LogP) is 2.34. The zero-order valence-corrected chi connectivity index (χ0v) is 13.0. The molecule has 0 bridgehead atoms. The lowest BCUT2D eigenvalue weighted by molar-refractivity contribution is -0.137. The first-order valence-corrected chi connectivity index (χ1v) is 6.93. The van der Waals surface area contributed by atoms with Gasteiger partial charge in [-0.1, -0.05) is 39.0 Å². The van der Waals surface area contributed by atoms with Gasteiger partial charge in [-0.25, -0.2) is 0 Å². The number of carboxylic acids is 1. The Labute approximate surface area is 125 Å². The fraction of sp³-hybridized carbons (Fsp3) is 0.500. The van der Waals surface area contributed by atoms with Crippen molar-refractivity contribution in [2.24, 2.45) is 0 Å². The van der Waals surface area contributed by atoms with E-state index in [2.05, 4.69) is 26.1 Å². The Hall–Kier alpha value is -2.04. The molecule has 0 saturated heterocycles. The van der Waals surface area contributed by atoms with E-state index >= 15 is 0 Å². The van der Waals surface area contributed by atoms with Crippen molar-refractivity contribution in [3.8, 4) is 5.75 Å². The summed E-state index contributed by atoms with van der Waals surface area (Å²) in [5.74, 6) is -0.597. The van der Waals surface area contributed by atoms with E-state index in [9.17, 15) is 9.59 Å². The van der Waals surface area contributed by atoms with Gasteiger partial charge in [-0.3, -0.25) is 9.59 Å². The van der Waals surface area contributed by atoms with Crippen molar-refractivity contribution in [1.29, 1.82) is 0 Å². The first kappa shape index (κ1) is 17.0. The molecule has 1 atom stereocenters. The van der Waals surface area contributed by atoms with Crippen LogP contribution in [0.15, 0.2) is 24.3 Å². The Bertz CT molecular complexity index is 505. The molecule has 0 heterocycles. The van der Waals surface area contributed by atoms with Crippen LogP contribution < -0.4 is 10.1 Å². The van der Waals surface area contributed by atoms with E-state index in [4.69, 9.17) is 9.84 Å². The van der Waals surface area contributed by atoms with Gasteiger partial charge in [0.25, 0.3) is 5.91 Å². The smallest absolute Gasteiger partial charge is 0.305 e. The van der Waals surface area contributed by atoms with Crippen LogP contribution in [-0.2, 0) is 15.0 Å². The number of nitrogens with one attached hydrogen (secondary N) is 1. The highest BCUT2D eigenvalue weighted by molar-refractivity contribution is 5.78. The van der Waals surface area contributed by atoms with E-state index < -0.39 is 12.0 Å². The molecule has 5 nitrogen and oxygen atoms in total. The fourth-order valence-corrected chi connectivity index (χ4v) is 1.98. The second kappa shape index (κ2) is 7.11. The van der Waals surface area contributed by atoms with Gasteiger partial charge < -0.3 is 15.2 Å². The van der Waals surface area contributed by atoms with Gasteiger partial charge in [-0.15, -0.1) is 0 Å². The summed E-state index contributed by atoms with van der Waals surface area (Å²) in [6.07, 6.45) is -0.107. The lowest BCUT2D eigenvalue weighted by Crippen LogP contribution is -2.37. The van der Waals surface area contributed by atoms with E-state index in [1.807, 2.05) is 24.3 Å². The molecule has 116 valence electrons. The first-order chi connectivity index (χ1) is 9.70. The highest BCUT2D eigenvalue weighted by atomic mass is 16.5. The van der Waals surface area contributed by atoms with Crippen molar-refractivity contribution in [3.05, 3.63) is 29.8 Å². The zero-order chi connectivity index (χ0) is 16.0. The summed E-state index contributed by atoms with van der Waals surface area (Å²) in [5, 5.41) is 11.2. The number of hydrogen-bond acceptors (Lipinski definition) is 3. The largest absolute Gasteiger partial charge is 0.483 e. The van der Waals surface area contributed by atoms with Gasteiger partial charge in [0.2, 0.25) is 0 Å². The van der Waals surface area contributed by atoms with E-state index in [1.54, 1.807) is 6.92 Å². The van der Waals surface area contributed by atoms with Crippen molar-refractivity contribution in [2.75, 3.05) is 6.61 Å². The number of hydrogen-bond donors (Lipinski definition) is 2. The molecule has 1 aromatic carbocycles. The molecule has 0 aliphatic rings. The quantitative estimate of drug-likeness (QED) is 0.844. The molecular weight excluding hydrogens is 270 g/mol. The number of amides is 1. The van der Waals surface area contributed by atoms with Crippen LogP contribution >= 0.6 is 0 Å². The molecule has 0 spiro atoms. The maximum absolute atomic E-state index is 11.7. The van der Waals surface area contributed by atoms with Crippen LogP contribution in [0.4, 0.5) is 0 Å². The normalized spacial score (nSPS) is 12.6. The molecule has 2 N–H and O–H groups in total. The van der Waals surface area contributed by atoms with E-state index in [-0.39, 0.29) is 24.3 Å². The Kier molecular flexibility index (Phi) is 5.76. The molecule has 1 aromatic rings. The number of carbonyl (C=O) groups is 2. The molecule has 1 amide bonds. The van der Waals surface area contributed by atoms with E-state index in [0.29, 0.717) is 5.75 Å². The number of carboxylic acid groups (broad SMARTS) is 1. The molecule has 0 fully saturated rings. The molecule has 1 rings (SSSR count). The molecule has 5 heteroatoms. The summed E-state index contributed by atoms with van der Waals surface area (Å²) >= 11 is 0. The number of ether oxygens (including phenoxy) is 1. The Balaban J connectivity index is 2.60. The van der Waals surface area contributed by atoms with Crippen LogP contribution in [0.1, 0.15) is 39.7 Å². The number of benzene rings is 1. The van der Waals surface area contributed by atoms with Gasteiger partial charge in [0.1, 0.15) is 5.75 Å². The highest BCUT2D eigenvalue weighted by Gasteiger charge is 2.19. The molecule has 0 radical (unpaired) electrons. The maximum Gasteiger partial charge on any atom is 0.305 e. The predicted molar refractivity (Wildman–Crippen MR) is 80.5 cm³/mol. The minimum atomic E-state index is -0.943. The van der Waals surface area contributed by atoms with E-state index in [0.717, 1.165) is 5.56 Å². The molecule has 21 heavy (non-hydrogen) atoms. The Morgan fingerprint density at radius 3 is 2.48 bits per heavy atom. The summed E-state index contributed by atoms with van der Waals surface area (Å²) in [5.41, 5.74) is 0.945. The number of carbonyl (C=O) groups excluding carboxylic acids is 1. The topological polar surface area (TPSA) is 75.6 Å². The van der Waals surface area contributed by atoms with Crippen molar-refractivity contribution in [1.82, 2.24) is 5.32 Å². The minimum Gasteiger partial charge on any atom is -0.483 e. The van der Waals surface area contributed by atoms with Crippen molar-refractivity contribution in [2.45, 2.75) is 45.6 Å². The first-order valence-electron chi connectivity index (χ1n) is 6.93. The lowest BCUT2D eigenvalue weighted by atomic mass is 9.86. The third kappa shape index (κ3) is 5.85. The molecule has 0 aromatic heterocycles. The highest BCUT2D eigenvalue weighted by Crippen LogP contribution is 2.30. The lowest BCUT2D eigenvalue weighted by Gasteiger charge is -2.22. The molecular formula is C16H23NO4. The second-order valence-electron chi connectivity index (χ2n) is 6.10. The van der Waals surface area contributed by atoms with Gasteiger partial charge in [-0.2, -0.15) is 0 Å². The number of rotatable bonds is 6. The van der Waals surface area contributed by atoms with Gasteiger partial charge >= 0.3 is 5.97 Å². The minimum absolute atomic E-state index is 0.0797. The van der Waals surface area contributed by atoms with E-state index in [1.165, 1.54) is 0 Å².